The van der Waals surface area contributed by atoms with Crippen LogP contribution in [0.15, 0.2) is 24.3 Å². The third-order valence-corrected chi connectivity index (χ3v) is 3.44. The molecule has 1 heterocycles. The number of aliphatic hydroxyl groups is 1. The van der Waals surface area contributed by atoms with E-state index in [9.17, 15) is 5.11 Å². The molecular formula is C15H23NO2. The zero-order chi connectivity index (χ0) is 13.0. The molecule has 0 amide bonds. The van der Waals surface area contributed by atoms with Gasteiger partial charge in [0, 0.05) is 19.7 Å². The zero-order valence-electron chi connectivity index (χ0n) is 11.3. The zero-order valence-corrected chi connectivity index (χ0v) is 11.3. The summed E-state index contributed by atoms with van der Waals surface area (Å²) in [5, 5.41) is 9.18. The summed E-state index contributed by atoms with van der Waals surface area (Å²) >= 11 is 0. The van der Waals surface area contributed by atoms with Crippen LogP contribution in [0, 0.1) is 5.92 Å². The fourth-order valence-electron chi connectivity index (χ4n) is 2.43. The second-order valence-electron chi connectivity index (χ2n) is 5.25. The van der Waals surface area contributed by atoms with Gasteiger partial charge < -0.3 is 14.7 Å². The second-order valence-corrected chi connectivity index (χ2v) is 5.25. The fourth-order valence-corrected chi connectivity index (χ4v) is 2.43. The van der Waals surface area contributed by atoms with Crippen molar-refractivity contribution in [3.8, 4) is 5.75 Å². The molecule has 0 aliphatic carbocycles. The Balaban J connectivity index is 2.08. The molecule has 3 nitrogen and oxygen atoms in total. The molecule has 0 spiro atoms. The Morgan fingerprint density at radius 3 is 2.56 bits per heavy atom. The first-order chi connectivity index (χ1) is 8.70. The highest BCUT2D eigenvalue weighted by Gasteiger charge is 2.20. The van der Waals surface area contributed by atoms with Gasteiger partial charge in [-0.25, -0.2) is 0 Å². The number of piperidine rings is 1. The molecule has 1 fully saturated rings. The lowest BCUT2D eigenvalue weighted by Crippen LogP contribution is -2.35. The highest BCUT2D eigenvalue weighted by Crippen LogP contribution is 2.31. The van der Waals surface area contributed by atoms with Gasteiger partial charge in [-0.15, -0.1) is 0 Å². The minimum atomic E-state index is 0.195. The van der Waals surface area contributed by atoms with Crippen LogP contribution in [0.3, 0.4) is 0 Å². The van der Waals surface area contributed by atoms with E-state index in [1.807, 2.05) is 12.1 Å². The van der Waals surface area contributed by atoms with E-state index in [4.69, 9.17) is 4.74 Å². The van der Waals surface area contributed by atoms with E-state index in [2.05, 4.69) is 30.9 Å². The van der Waals surface area contributed by atoms with Gasteiger partial charge in [-0.2, -0.15) is 0 Å². The molecule has 3 heteroatoms. The summed E-state index contributed by atoms with van der Waals surface area (Å²) in [7, 11) is 0. The Morgan fingerprint density at radius 1 is 1.28 bits per heavy atom. The summed E-state index contributed by atoms with van der Waals surface area (Å²) in [6, 6.07) is 8.23. The molecule has 1 aromatic carbocycles. The first-order valence-electron chi connectivity index (χ1n) is 6.82. The molecule has 0 saturated carbocycles. The quantitative estimate of drug-likeness (QED) is 0.890. The molecule has 1 aliphatic rings. The van der Waals surface area contributed by atoms with Crippen LogP contribution in [-0.4, -0.2) is 30.9 Å². The molecular weight excluding hydrogens is 226 g/mol. The summed E-state index contributed by atoms with van der Waals surface area (Å²) in [5.74, 6) is 1.44. The van der Waals surface area contributed by atoms with Crippen LogP contribution in [0.25, 0.3) is 0 Å². The number of anilines is 1. The van der Waals surface area contributed by atoms with Crippen LogP contribution < -0.4 is 9.64 Å². The van der Waals surface area contributed by atoms with Gasteiger partial charge in [0.25, 0.3) is 0 Å². The van der Waals surface area contributed by atoms with Crippen LogP contribution in [0.4, 0.5) is 5.69 Å². The van der Waals surface area contributed by atoms with Gasteiger partial charge in [0.15, 0.2) is 0 Å². The molecule has 0 unspecified atom stereocenters. The predicted octanol–water partition coefficient (Wildman–Crippen LogP) is 2.68. The van der Waals surface area contributed by atoms with Crippen LogP contribution in [0.2, 0.25) is 0 Å². The minimum Gasteiger partial charge on any atom is -0.489 e. The molecule has 0 radical (unpaired) electrons. The van der Waals surface area contributed by atoms with E-state index >= 15 is 0 Å². The standard InChI is InChI=1S/C15H23NO2/c1-12(2)18-15-6-4-3-5-14(15)16-9-7-13(11-17)8-10-16/h3-6,12-13,17H,7-11H2,1-2H3. The first kappa shape index (κ1) is 13.2. The van der Waals surface area contributed by atoms with Gasteiger partial charge in [-0.05, 0) is 44.7 Å². The number of aliphatic hydroxyl groups excluding tert-OH is 1. The van der Waals surface area contributed by atoms with E-state index in [-0.39, 0.29) is 6.10 Å². The minimum absolute atomic E-state index is 0.195. The molecule has 1 aliphatic heterocycles. The van der Waals surface area contributed by atoms with Crippen LogP contribution in [-0.2, 0) is 0 Å². The number of para-hydroxylation sites is 2. The second kappa shape index (κ2) is 6.10. The van der Waals surface area contributed by atoms with E-state index in [0.717, 1.165) is 31.7 Å². The van der Waals surface area contributed by atoms with Crippen molar-refractivity contribution in [2.24, 2.45) is 5.92 Å². The molecule has 1 aromatic rings. The van der Waals surface area contributed by atoms with Crippen molar-refractivity contribution < 1.29 is 9.84 Å². The highest BCUT2D eigenvalue weighted by molar-refractivity contribution is 5.58. The lowest BCUT2D eigenvalue weighted by molar-refractivity contribution is 0.202. The van der Waals surface area contributed by atoms with E-state index in [1.165, 1.54) is 5.69 Å². The molecule has 1 saturated heterocycles. The maximum Gasteiger partial charge on any atom is 0.142 e. The number of benzene rings is 1. The van der Waals surface area contributed by atoms with E-state index in [0.29, 0.717) is 12.5 Å². The Morgan fingerprint density at radius 2 is 1.94 bits per heavy atom. The van der Waals surface area contributed by atoms with Gasteiger partial charge in [0.05, 0.1) is 11.8 Å². The van der Waals surface area contributed by atoms with Crippen LogP contribution >= 0.6 is 0 Å². The largest absolute Gasteiger partial charge is 0.489 e. The van der Waals surface area contributed by atoms with Crippen molar-refractivity contribution >= 4 is 5.69 Å². The molecule has 2 rings (SSSR count). The van der Waals surface area contributed by atoms with Crippen molar-refractivity contribution in [2.75, 3.05) is 24.6 Å². The summed E-state index contributed by atoms with van der Waals surface area (Å²) in [4.78, 5) is 2.36. The van der Waals surface area contributed by atoms with Crippen molar-refractivity contribution in [1.82, 2.24) is 0 Å². The van der Waals surface area contributed by atoms with Crippen LogP contribution in [0.1, 0.15) is 26.7 Å². The predicted molar refractivity (Wildman–Crippen MR) is 74.2 cm³/mol. The lowest BCUT2D eigenvalue weighted by atomic mass is 9.97. The summed E-state index contributed by atoms with van der Waals surface area (Å²) in [6.45, 7) is 6.43. The fraction of sp³-hybridized carbons (Fsp3) is 0.600. The molecule has 0 aromatic heterocycles. The summed E-state index contributed by atoms with van der Waals surface area (Å²) in [5.41, 5.74) is 1.18. The van der Waals surface area contributed by atoms with Gasteiger partial charge in [0.1, 0.15) is 5.75 Å². The highest BCUT2D eigenvalue weighted by atomic mass is 16.5. The topological polar surface area (TPSA) is 32.7 Å². The number of nitrogens with zero attached hydrogens (tertiary/aromatic N) is 1. The average Bonchev–Trinajstić information content (AvgIpc) is 2.39. The Kier molecular flexibility index (Phi) is 4.48. The Bertz CT molecular complexity index is 371. The summed E-state index contributed by atoms with van der Waals surface area (Å²) < 4.78 is 5.86. The normalized spacial score (nSPS) is 17.2. The SMILES string of the molecule is CC(C)Oc1ccccc1N1CCC(CO)CC1. The number of ether oxygens (including phenoxy) is 1. The van der Waals surface area contributed by atoms with E-state index in [1.54, 1.807) is 0 Å². The van der Waals surface area contributed by atoms with Crippen LogP contribution in [0.5, 0.6) is 5.75 Å². The van der Waals surface area contributed by atoms with Crippen molar-refractivity contribution in [3.63, 3.8) is 0 Å². The number of rotatable bonds is 4. The van der Waals surface area contributed by atoms with Gasteiger partial charge in [0.2, 0.25) is 0 Å². The molecule has 1 N–H and O–H groups in total. The molecule has 100 valence electrons. The van der Waals surface area contributed by atoms with Gasteiger partial charge in [-0.3, -0.25) is 0 Å². The Hall–Kier alpha value is -1.22. The number of hydrogen-bond donors (Lipinski definition) is 1. The van der Waals surface area contributed by atoms with E-state index < -0.39 is 0 Å². The third kappa shape index (κ3) is 3.16. The van der Waals surface area contributed by atoms with Gasteiger partial charge in [-0.1, -0.05) is 12.1 Å². The molecule has 0 bridgehead atoms. The maximum absolute atomic E-state index is 9.18. The molecule has 0 atom stereocenters. The first-order valence-corrected chi connectivity index (χ1v) is 6.82. The average molecular weight is 249 g/mol. The molecule has 18 heavy (non-hydrogen) atoms. The van der Waals surface area contributed by atoms with Crippen molar-refractivity contribution in [1.29, 1.82) is 0 Å². The summed E-state index contributed by atoms with van der Waals surface area (Å²) in [6.07, 6.45) is 2.32. The monoisotopic (exact) mass is 249 g/mol. The maximum atomic E-state index is 9.18. The van der Waals surface area contributed by atoms with Crippen molar-refractivity contribution in [2.45, 2.75) is 32.8 Å². The smallest absolute Gasteiger partial charge is 0.142 e. The lowest BCUT2D eigenvalue weighted by Gasteiger charge is -2.34. The van der Waals surface area contributed by atoms with Gasteiger partial charge >= 0.3 is 0 Å². The Labute approximate surface area is 109 Å². The number of hydrogen-bond acceptors (Lipinski definition) is 3. The third-order valence-electron chi connectivity index (χ3n) is 3.44. The van der Waals surface area contributed by atoms with Crippen molar-refractivity contribution in [3.05, 3.63) is 24.3 Å².